The molecular weight excluding hydrogens is 316 g/mol. The first-order chi connectivity index (χ1) is 12.0. The monoisotopic (exact) mass is 338 g/mol. The highest BCUT2D eigenvalue weighted by Crippen LogP contribution is 2.18. The molecule has 1 aromatic heterocycles. The van der Waals surface area contributed by atoms with Gasteiger partial charge in [0.2, 0.25) is 5.91 Å². The van der Waals surface area contributed by atoms with Crippen LogP contribution in [0.2, 0.25) is 0 Å². The molecule has 130 valence electrons. The Bertz CT molecular complexity index is 782. The molecule has 0 aliphatic carbocycles. The Morgan fingerprint density at radius 3 is 2.24 bits per heavy atom. The lowest BCUT2D eigenvalue weighted by Crippen LogP contribution is -2.48. The second-order valence-corrected chi connectivity index (χ2v) is 6.20. The summed E-state index contributed by atoms with van der Waals surface area (Å²) in [5, 5.41) is 0. The SMILES string of the molecule is CC(=O)c1ccc(N2CCN(C(=O)/C=C/c3ccc(C)o3)CC2)cc1. The Kier molecular flexibility index (Phi) is 5.03. The molecule has 0 atom stereocenters. The van der Waals surface area contributed by atoms with Crippen molar-refractivity contribution in [3.63, 3.8) is 0 Å². The molecule has 0 radical (unpaired) electrons. The molecule has 1 fully saturated rings. The highest BCUT2D eigenvalue weighted by Gasteiger charge is 2.20. The van der Waals surface area contributed by atoms with Crippen LogP contribution in [0.1, 0.15) is 28.8 Å². The maximum absolute atomic E-state index is 12.3. The number of furan rings is 1. The number of carbonyl (C=O) groups excluding carboxylic acids is 2. The molecular formula is C20H22N2O3. The fraction of sp³-hybridized carbons (Fsp3) is 0.300. The fourth-order valence-electron chi connectivity index (χ4n) is 2.89. The second-order valence-electron chi connectivity index (χ2n) is 6.20. The predicted octanol–water partition coefficient (Wildman–Crippen LogP) is 3.15. The van der Waals surface area contributed by atoms with E-state index in [9.17, 15) is 9.59 Å². The van der Waals surface area contributed by atoms with Gasteiger partial charge in [0.25, 0.3) is 0 Å². The van der Waals surface area contributed by atoms with Gasteiger partial charge in [-0.2, -0.15) is 0 Å². The van der Waals surface area contributed by atoms with E-state index in [0.717, 1.165) is 30.1 Å². The van der Waals surface area contributed by atoms with Crippen LogP contribution in [0.25, 0.3) is 6.08 Å². The number of amides is 1. The van der Waals surface area contributed by atoms with E-state index in [1.165, 1.54) is 0 Å². The van der Waals surface area contributed by atoms with Gasteiger partial charge in [-0.15, -0.1) is 0 Å². The summed E-state index contributed by atoms with van der Waals surface area (Å²) in [5.74, 6) is 1.59. The first kappa shape index (κ1) is 17.0. The number of hydrogen-bond acceptors (Lipinski definition) is 4. The third-order valence-electron chi connectivity index (χ3n) is 4.38. The molecule has 0 bridgehead atoms. The number of Topliss-reactive ketones (excluding diaryl/α,β-unsaturated/α-hetero) is 1. The van der Waals surface area contributed by atoms with E-state index in [1.54, 1.807) is 19.1 Å². The number of aryl methyl sites for hydroxylation is 1. The summed E-state index contributed by atoms with van der Waals surface area (Å²) in [6.45, 7) is 6.35. The average Bonchev–Trinajstić information content (AvgIpc) is 3.05. The molecule has 0 unspecified atom stereocenters. The normalized spacial score (nSPS) is 15.0. The van der Waals surface area contributed by atoms with Gasteiger partial charge in [-0.1, -0.05) is 0 Å². The number of piperazine rings is 1. The van der Waals surface area contributed by atoms with Gasteiger partial charge < -0.3 is 14.2 Å². The highest BCUT2D eigenvalue weighted by atomic mass is 16.3. The summed E-state index contributed by atoms with van der Waals surface area (Å²) in [6.07, 6.45) is 3.28. The lowest BCUT2D eigenvalue weighted by atomic mass is 10.1. The Hall–Kier alpha value is -2.82. The van der Waals surface area contributed by atoms with E-state index >= 15 is 0 Å². The van der Waals surface area contributed by atoms with Crippen molar-refractivity contribution in [1.29, 1.82) is 0 Å². The molecule has 3 rings (SSSR count). The van der Waals surface area contributed by atoms with Crippen LogP contribution in [-0.4, -0.2) is 42.8 Å². The molecule has 25 heavy (non-hydrogen) atoms. The molecule has 0 saturated carbocycles. The summed E-state index contributed by atoms with van der Waals surface area (Å²) in [7, 11) is 0. The van der Waals surface area contributed by atoms with Crippen molar-refractivity contribution in [3.05, 3.63) is 59.6 Å². The third-order valence-corrected chi connectivity index (χ3v) is 4.38. The largest absolute Gasteiger partial charge is 0.462 e. The zero-order valence-electron chi connectivity index (χ0n) is 14.6. The highest BCUT2D eigenvalue weighted by molar-refractivity contribution is 5.94. The van der Waals surface area contributed by atoms with Gasteiger partial charge in [0, 0.05) is 43.5 Å². The minimum Gasteiger partial charge on any atom is -0.462 e. The Labute approximate surface area is 147 Å². The first-order valence-corrected chi connectivity index (χ1v) is 8.42. The fourth-order valence-corrected chi connectivity index (χ4v) is 2.89. The van der Waals surface area contributed by atoms with Gasteiger partial charge in [-0.3, -0.25) is 9.59 Å². The smallest absolute Gasteiger partial charge is 0.246 e. The van der Waals surface area contributed by atoms with Crippen molar-refractivity contribution in [1.82, 2.24) is 4.90 Å². The summed E-state index contributed by atoms with van der Waals surface area (Å²) in [5.41, 5.74) is 1.80. The van der Waals surface area contributed by atoms with Gasteiger partial charge in [-0.25, -0.2) is 0 Å². The van der Waals surface area contributed by atoms with E-state index < -0.39 is 0 Å². The number of benzene rings is 1. The topological polar surface area (TPSA) is 53.8 Å². The van der Waals surface area contributed by atoms with Crippen LogP contribution >= 0.6 is 0 Å². The lowest BCUT2D eigenvalue weighted by molar-refractivity contribution is -0.126. The molecule has 1 amide bonds. The Balaban J connectivity index is 1.55. The van der Waals surface area contributed by atoms with Gasteiger partial charge in [-0.05, 0) is 56.3 Å². The third kappa shape index (κ3) is 4.18. The number of anilines is 1. The predicted molar refractivity (Wildman–Crippen MR) is 97.7 cm³/mol. The van der Waals surface area contributed by atoms with Gasteiger partial charge in [0.05, 0.1) is 0 Å². The Morgan fingerprint density at radius 1 is 1.00 bits per heavy atom. The molecule has 1 saturated heterocycles. The van der Waals surface area contributed by atoms with Crippen LogP contribution in [-0.2, 0) is 4.79 Å². The van der Waals surface area contributed by atoms with Crippen LogP contribution in [0.3, 0.4) is 0 Å². The molecule has 2 aromatic rings. The van der Waals surface area contributed by atoms with E-state index in [4.69, 9.17) is 4.42 Å². The average molecular weight is 338 g/mol. The zero-order chi connectivity index (χ0) is 17.8. The lowest BCUT2D eigenvalue weighted by Gasteiger charge is -2.35. The van der Waals surface area contributed by atoms with Gasteiger partial charge in [0.1, 0.15) is 11.5 Å². The van der Waals surface area contributed by atoms with Crippen LogP contribution in [0.4, 0.5) is 5.69 Å². The Morgan fingerprint density at radius 2 is 1.68 bits per heavy atom. The first-order valence-electron chi connectivity index (χ1n) is 8.42. The standard InChI is InChI=1S/C20H22N2O3/c1-15-3-8-19(25-15)9-10-20(24)22-13-11-21(12-14-22)18-6-4-17(5-7-18)16(2)23/h3-10H,11-14H2,1-2H3/b10-9+. The maximum atomic E-state index is 12.3. The van der Waals surface area contributed by atoms with Crippen molar-refractivity contribution >= 4 is 23.5 Å². The minimum absolute atomic E-state index is 0.000584. The van der Waals surface area contributed by atoms with Crippen molar-refractivity contribution in [2.24, 2.45) is 0 Å². The maximum Gasteiger partial charge on any atom is 0.246 e. The molecule has 1 aliphatic heterocycles. The van der Waals surface area contributed by atoms with Crippen LogP contribution in [0.5, 0.6) is 0 Å². The number of nitrogens with zero attached hydrogens (tertiary/aromatic N) is 2. The summed E-state index contributed by atoms with van der Waals surface area (Å²) in [6, 6.07) is 11.4. The molecule has 1 aliphatic rings. The molecule has 2 heterocycles. The number of carbonyl (C=O) groups is 2. The van der Waals surface area contributed by atoms with E-state index in [1.807, 2.05) is 48.2 Å². The number of ketones is 1. The van der Waals surface area contributed by atoms with E-state index in [2.05, 4.69) is 4.90 Å². The molecule has 5 heteroatoms. The molecule has 5 nitrogen and oxygen atoms in total. The van der Waals surface area contributed by atoms with Gasteiger partial charge in [0.15, 0.2) is 5.78 Å². The zero-order valence-corrected chi connectivity index (χ0v) is 14.6. The second kappa shape index (κ2) is 7.38. The van der Waals surface area contributed by atoms with Crippen LogP contribution in [0, 0.1) is 6.92 Å². The van der Waals surface area contributed by atoms with Crippen LogP contribution < -0.4 is 4.90 Å². The summed E-state index contributed by atoms with van der Waals surface area (Å²) in [4.78, 5) is 27.7. The van der Waals surface area contributed by atoms with Crippen molar-refractivity contribution in [2.75, 3.05) is 31.1 Å². The summed E-state index contributed by atoms with van der Waals surface area (Å²) < 4.78 is 5.43. The minimum atomic E-state index is 0.000584. The summed E-state index contributed by atoms with van der Waals surface area (Å²) >= 11 is 0. The molecule has 0 spiro atoms. The quantitative estimate of drug-likeness (QED) is 0.635. The van der Waals surface area contributed by atoms with Crippen molar-refractivity contribution in [2.45, 2.75) is 13.8 Å². The van der Waals surface area contributed by atoms with E-state index in [-0.39, 0.29) is 11.7 Å². The molecule has 0 N–H and O–H groups in total. The van der Waals surface area contributed by atoms with Crippen molar-refractivity contribution in [3.8, 4) is 0 Å². The molecule has 1 aromatic carbocycles. The van der Waals surface area contributed by atoms with Gasteiger partial charge >= 0.3 is 0 Å². The van der Waals surface area contributed by atoms with E-state index in [0.29, 0.717) is 18.8 Å². The van der Waals surface area contributed by atoms with Crippen molar-refractivity contribution < 1.29 is 14.0 Å². The number of rotatable bonds is 4. The van der Waals surface area contributed by atoms with Crippen LogP contribution in [0.15, 0.2) is 46.9 Å². The number of hydrogen-bond donors (Lipinski definition) is 0.